The summed E-state index contributed by atoms with van der Waals surface area (Å²) in [4.78, 5) is 39.2. The van der Waals surface area contributed by atoms with Gasteiger partial charge in [-0.1, -0.05) is 64.7 Å². The first-order valence-corrected chi connectivity index (χ1v) is 21.8. The van der Waals surface area contributed by atoms with Gasteiger partial charge in [0.1, 0.15) is 5.75 Å². The number of benzene rings is 2. The van der Waals surface area contributed by atoms with E-state index < -0.39 is 21.9 Å². The quantitative estimate of drug-likeness (QED) is 0.0704. The predicted molar refractivity (Wildman–Crippen MR) is 224 cm³/mol. The molecule has 4 rings (SSSR count). The van der Waals surface area contributed by atoms with Crippen molar-refractivity contribution < 1.29 is 27.5 Å². The predicted octanol–water partition coefficient (Wildman–Crippen LogP) is 9.38. The molecule has 13 heteroatoms. The summed E-state index contributed by atoms with van der Waals surface area (Å²) in [7, 11) is -2.68. The molecule has 0 bridgehead atoms. The summed E-state index contributed by atoms with van der Waals surface area (Å²) < 4.78 is 40.4. The van der Waals surface area contributed by atoms with Gasteiger partial charge >= 0.3 is 5.97 Å². The van der Waals surface area contributed by atoms with Crippen molar-refractivity contribution in [3.63, 3.8) is 0 Å². The van der Waals surface area contributed by atoms with Crippen LogP contribution in [-0.4, -0.2) is 69.5 Å². The average molecular weight is 789 g/mol. The Morgan fingerprint density at radius 3 is 2.30 bits per heavy atom. The highest BCUT2D eigenvalue weighted by Gasteiger charge is 2.40. The molecule has 2 aliphatic rings. The Labute approximate surface area is 334 Å². The van der Waals surface area contributed by atoms with E-state index >= 15 is 0 Å². The fourth-order valence-corrected chi connectivity index (χ4v) is 8.88. The molecule has 12 nitrogen and oxygen atoms in total. The summed E-state index contributed by atoms with van der Waals surface area (Å²) in [6.45, 7) is 9.53. The molecule has 0 unspecified atom stereocenters. The van der Waals surface area contributed by atoms with Crippen LogP contribution in [0.25, 0.3) is 0 Å². The van der Waals surface area contributed by atoms with Crippen LogP contribution in [0.1, 0.15) is 133 Å². The van der Waals surface area contributed by atoms with Gasteiger partial charge in [-0.2, -0.15) is 5.26 Å². The summed E-state index contributed by atoms with van der Waals surface area (Å²) in [5.74, 6) is -0.994. The Morgan fingerprint density at radius 1 is 0.964 bits per heavy atom. The van der Waals surface area contributed by atoms with Crippen molar-refractivity contribution in [2.24, 2.45) is 9.98 Å². The van der Waals surface area contributed by atoms with Gasteiger partial charge in [0.2, 0.25) is 0 Å². The van der Waals surface area contributed by atoms with Crippen LogP contribution in [0.5, 0.6) is 5.75 Å². The van der Waals surface area contributed by atoms with Crippen molar-refractivity contribution >= 4 is 50.5 Å². The van der Waals surface area contributed by atoms with Crippen LogP contribution in [0.15, 0.2) is 57.0 Å². The second kappa shape index (κ2) is 22.1. The highest BCUT2D eigenvalue weighted by Crippen LogP contribution is 2.36. The van der Waals surface area contributed by atoms with E-state index in [-0.39, 0.29) is 29.3 Å². The number of sulfonamides is 1. The largest absolute Gasteiger partial charge is 0.491 e. The zero-order chi connectivity index (χ0) is 40.5. The maximum atomic E-state index is 14.6. The smallest absolute Gasteiger partial charge is 0.337 e. The number of hydrogen-bond donors (Lipinski definition) is 1. The molecule has 2 aromatic carbocycles. The number of hydrogen-bond acceptors (Lipinski definition) is 10. The third-order valence-electron chi connectivity index (χ3n) is 10.2. The number of rotatable bonds is 22. The van der Waals surface area contributed by atoms with E-state index in [0.717, 1.165) is 47.7 Å². The van der Waals surface area contributed by atoms with Crippen molar-refractivity contribution in [3.8, 4) is 11.8 Å². The Morgan fingerprint density at radius 2 is 1.66 bits per heavy atom. The molecule has 1 heterocycles. The first kappa shape index (κ1) is 44.0. The fourth-order valence-electron chi connectivity index (χ4n) is 7.07. The second-order valence-electron chi connectivity index (χ2n) is 14.3. The minimum absolute atomic E-state index is 0.0392. The number of amidine groups is 1. The van der Waals surface area contributed by atoms with Crippen molar-refractivity contribution in [1.29, 1.82) is 5.26 Å². The monoisotopic (exact) mass is 788 g/mol. The van der Waals surface area contributed by atoms with Crippen LogP contribution < -0.4 is 15.0 Å². The average Bonchev–Trinajstić information content (AvgIpc) is 3.19. The number of amides is 1. The number of nitrogens with zero attached hydrogens (tertiary/aromatic N) is 5. The lowest BCUT2D eigenvalue weighted by Crippen LogP contribution is -2.47. The number of aliphatic imine (C=N–C) groups is 2. The van der Waals surface area contributed by atoms with E-state index in [2.05, 4.69) is 23.2 Å². The molecular weight excluding hydrogens is 729 g/mol. The molecule has 304 valence electrons. The third-order valence-corrected chi connectivity index (χ3v) is 12.3. The van der Waals surface area contributed by atoms with Gasteiger partial charge in [-0.25, -0.2) is 27.5 Å². The van der Waals surface area contributed by atoms with Gasteiger partial charge in [0.05, 0.1) is 53.7 Å². The standard InChI is InChI=1S/C43H60N6O6S/c1-6-9-10-11-12-13-14-15-16-19-29-55-38-26-23-33(43(51)54-5)31-37(38)47-42(50)40(41-46-36-21-17-18-22-39(36)56(52,53)49(41)8-3)45-35-25-24-34(30-32(35)4)48(7-2)28-20-27-44/h23-26,30-31H,6-22,28-29H2,1-5H3,(H,47,50). The SMILES string of the molecule is CCCCCCCCCCCCOc1ccc(C(=O)OC)cc1NC(=O)C(=Nc1ccc(N(CC)CCC#N)cc1C)C1=NC2=C(CCCC2)S(=O)(=O)N1CC. The molecule has 0 fully saturated rings. The van der Waals surface area contributed by atoms with Gasteiger partial charge in [0.25, 0.3) is 15.9 Å². The van der Waals surface area contributed by atoms with E-state index in [0.29, 0.717) is 61.0 Å². The maximum absolute atomic E-state index is 14.6. The number of anilines is 2. The molecule has 0 spiro atoms. The van der Waals surface area contributed by atoms with Crippen molar-refractivity contribution in [2.75, 3.05) is 43.6 Å². The molecule has 1 aliphatic carbocycles. The first-order valence-electron chi connectivity index (χ1n) is 20.4. The normalized spacial score (nSPS) is 15.1. The van der Waals surface area contributed by atoms with Crippen LogP contribution >= 0.6 is 0 Å². The van der Waals surface area contributed by atoms with Crippen molar-refractivity contribution in [2.45, 2.75) is 124 Å². The minimum Gasteiger partial charge on any atom is -0.491 e. The number of unbranched alkanes of at least 4 members (excludes halogenated alkanes) is 9. The Balaban J connectivity index is 1.67. The van der Waals surface area contributed by atoms with Crippen LogP contribution in [0.2, 0.25) is 0 Å². The number of nitrogens with one attached hydrogen (secondary N) is 1. The summed E-state index contributed by atoms with van der Waals surface area (Å²) in [5, 5.41) is 12.1. The highest BCUT2D eigenvalue weighted by atomic mass is 32.2. The molecule has 1 aliphatic heterocycles. The van der Waals surface area contributed by atoms with E-state index in [1.807, 2.05) is 26.0 Å². The van der Waals surface area contributed by atoms with Gasteiger partial charge < -0.3 is 19.7 Å². The fraction of sp³-hybridized carbons (Fsp3) is 0.558. The van der Waals surface area contributed by atoms with E-state index in [1.165, 1.54) is 58.1 Å². The number of ether oxygens (including phenoxy) is 2. The number of nitriles is 1. The van der Waals surface area contributed by atoms with Crippen LogP contribution in [0.4, 0.5) is 17.1 Å². The number of carbonyl (C=O) groups excluding carboxylic acids is 2. The van der Waals surface area contributed by atoms with Crippen LogP contribution in [0, 0.1) is 18.3 Å². The molecular formula is C43H60N6O6S. The molecule has 0 aromatic heterocycles. The van der Waals surface area contributed by atoms with Crippen LogP contribution in [0.3, 0.4) is 0 Å². The number of methoxy groups -OCH3 is 1. The van der Waals surface area contributed by atoms with E-state index in [4.69, 9.17) is 24.7 Å². The summed E-state index contributed by atoms with van der Waals surface area (Å²) >= 11 is 0. The lowest BCUT2D eigenvalue weighted by molar-refractivity contribution is -0.110. The lowest BCUT2D eigenvalue weighted by Gasteiger charge is -2.32. The Kier molecular flexibility index (Phi) is 17.4. The Bertz CT molecular complexity index is 1920. The molecule has 56 heavy (non-hydrogen) atoms. The maximum Gasteiger partial charge on any atom is 0.337 e. The summed E-state index contributed by atoms with van der Waals surface area (Å²) in [6.07, 6.45) is 14.6. The van der Waals surface area contributed by atoms with Crippen LogP contribution in [-0.2, 0) is 19.6 Å². The van der Waals surface area contributed by atoms with Gasteiger partial charge in [-0.3, -0.25) is 4.79 Å². The molecule has 1 N–H and O–H groups in total. The minimum atomic E-state index is -3.96. The number of carbonyl (C=O) groups is 2. The van der Waals surface area contributed by atoms with Gasteiger partial charge in [-0.05, 0) is 94.8 Å². The number of esters is 1. The zero-order valence-corrected chi connectivity index (χ0v) is 34.8. The topological polar surface area (TPSA) is 154 Å². The molecule has 0 saturated heterocycles. The molecule has 0 atom stereocenters. The van der Waals surface area contributed by atoms with Gasteiger partial charge in [-0.15, -0.1) is 0 Å². The second-order valence-corrected chi connectivity index (χ2v) is 16.2. The summed E-state index contributed by atoms with van der Waals surface area (Å²) in [5.41, 5.74) is 2.80. The van der Waals surface area contributed by atoms with Crippen molar-refractivity contribution in [3.05, 3.63) is 58.1 Å². The molecule has 2 aromatic rings. The molecule has 0 radical (unpaired) electrons. The number of allylic oxidation sites excluding steroid dienone is 2. The highest BCUT2D eigenvalue weighted by molar-refractivity contribution is 7.93. The van der Waals surface area contributed by atoms with E-state index in [9.17, 15) is 18.0 Å². The lowest BCUT2D eigenvalue weighted by atomic mass is 10.0. The summed E-state index contributed by atoms with van der Waals surface area (Å²) in [6, 6.07) is 12.5. The zero-order valence-electron chi connectivity index (χ0n) is 34.0. The third kappa shape index (κ3) is 11.7. The van der Waals surface area contributed by atoms with Crippen molar-refractivity contribution in [1.82, 2.24) is 4.31 Å². The molecule has 1 amide bonds. The molecule has 0 saturated carbocycles. The van der Waals surface area contributed by atoms with Gasteiger partial charge in [0.15, 0.2) is 11.5 Å². The first-order chi connectivity index (χ1) is 27.1. The van der Waals surface area contributed by atoms with E-state index in [1.54, 1.807) is 25.1 Å². The van der Waals surface area contributed by atoms with Gasteiger partial charge in [0, 0.05) is 25.3 Å². The Hall–Kier alpha value is -4.70. The number of aryl methyl sites for hydroxylation is 1.